The van der Waals surface area contributed by atoms with Gasteiger partial charge in [-0.2, -0.15) is 4.68 Å². The van der Waals surface area contributed by atoms with Crippen LogP contribution in [0.25, 0.3) is 5.00 Å². The van der Waals surface area contributed by atoms with Crippen molar-refractivity contribution in [3.63, 3.8) is 0 Å². The topological polar surface area (TPSA) is 84.2 Å². The Bertz CT molecular complexity index is 733. The molecular weight excluding hydrogens is 316 g/mol. The third kappa shape index (κ3) is 2.40. The second kappa shape index (κ2) is 5.73. The Kier molecular flexibility index (Phi) is 3.56. The van der Waals surface area contributed by atoms with E-state index >= 15 is 0 Å². The fraction of sp³-hybridized carbons (Fsp3) is 0.500. The maximum absolute atomic E-state index is 13.1. The summed E-state index contributed by atoms with van der Waals surface area (Å²) in [6.45, 7) is 2.30. The normalized spacial score (nSPS) is 17.4. The zero-order valence-electron chi connectivity index (χ0n) is 12.5. The Labute approximate surface area is 136 Å². The minimum absolute atomic E-state index is 0.0282. The number of carbonyl (C=O) groups is 2. The van der Waals surface area contributed by atoms with Crippen molar-refractivity contribution in [3.8, 4) is 5.00 Å². The summed E-state index contributed by atoms with van der Waals surface area (Å²) in [5.41, 5.74) is 1.90. The lowest BCUT2D eigenvalue weighted by Gasteiger charge is -2.32. The lowest BCUT2D eigenvalue weighted by Crippen LogP contribution is -2.48. The van der Waals surface area contributed by atoms with Gasteiger partial charge in [0.2, 0.25) is 6.41 Å². The largest absolute Gasteiger partial charge is 0.342 e. The van der Waals surface area contributed by atoms with Gasteiger partial charge in [0.05, 0.1) is 5.56 Å². The van der Waals surface area contributed by atoms with Gasteiger partial charge in [0.1, 0.15) is 11.3 Å². The molecule has 0 radical (unpaired) electrons. The second-order valence-electron chi connectivity index (χ2n) is 5.73. The van der Waals surface area contributed by atoms with Crippen LogP contribution >= 0.6 is 11.3 Å². The first-order valence-electron chi connectivity index (χ1n) is 7.64. The molecule has 4 rings (SSSR count). The molecule has 0 aromatic carbocycles. The van der Waals surface area contributed by atoms with E-state index in [1.165, 1.54) is 11.2 Å². The van der Waals surface area contributed by atoms with Gasteiger partial charge in [0, 0.05) is 31.1 Å². The zero-order chi connectivity index (χ0) is 15.8. The summed E-state index contributed by atoms with van der Waals surface area (Å²) in [6, 6.07) is 0. The average Bonchev–Trinajstić information content (AvgIpc) is 3.30. The summed E-state index contributed by atoms with van der Waals surface area (Å²) in [4.78, 5) is 28.7. The van der Waals surface area contributed by atoms with Crippen LogP contribution in [0.2, 0.25) is 0 Å². The summed E-state index contributed by atoms with van der Waals surface area (Å²) in [6.07, 6.45) is 5.42. The monoisotopic (exact) mass is 332 g/mol. The Morgan fingerprint density at radius 3 is 2.74 bits per heavy atom. The third-order valence-electron chi connectivity index (χ3n) is 4.42. The fourth-order valence-electron chi connectivity index (χ4n) is 3.21. The maximum Gasteiger partial charge on any atom is 0.257 e. The molecule has 0 unspecified atom stereocenters. The molecule has 2 aromatic heterocycles. The first-order valence-corrected chi connectivity index (χ1v) is 8.46. The van der Waals surface area contributed by atoms with E-state index in [-0.39, 0.29) is 5.91 Å². The SMILES string of the molecule is O=CN1CCN(C(=O)c2c(-n3cnnn3)sc3c2CCC3)CC1. The van der Waals surface area contributed by atoms with Crippen LogP contribution in [-0.4, -0.2) is 68.5 Å². The van der Waals surface area contributed by atoms with Gasteiger partial charge in [0.25, 0.3) is 5.91 Å². The molecule has 2 amide bonds. The summed E-state index contributed by atoms with van der Waals surface area (Å²) in [7, 11) is 0. The maximum atomic E-state index is 13.1. The van der Waals surface area contributed by atoms with Crippen molar-refractivity contribution in [1.82, 2.24) is 30.0 Å². The van der Waals surface area contributed by atoms with Crippen LogP contribution in [0.5, 0.6) is 0 Å². The average molecular weight is 332 g/mol. The van der Waals surface area contributed by atoms with Gasteiger partial charge in [-0.05, 0) is 35.3 Å². The predicted molar refractivity (Wildman–Crippen MR) is 82.6 cm³/mol. The standard InChI is InChI=1S/C14H16N6O2S/c21-9-18-4-6-19(7-5-18)13(22)12-10-2-1-3-11(10)23-14(12)20-8-15-16-17-20/h8-9H,1-7H2. The predicted octanol–water partition coefficient (Wildman–Crippen LogP) is 0.127. The number of rotatable bonds is 3. The van der Waals surface area contributed by atoms with Gasteiger partial charge in [-0.1, -0.05) is 0 Å². The third-order valence-corrected chi connectivity index (χ3v) is 5.71. The highest BCUT2D eigenvalue weighted by Gasteiger charge is 2.31. The highest BCUT2D eigenvalue weighted by atomic mass is 32.1. The molecule has 23 heavy (non-hydrogen) atoms. The number of fused-ring (bicyclic) bond motifs is 1. The minimum atomic E-state index is 0.0282. The molecule has 1 aliphatic carbocycles. The quantitative estimate of drug-likeness (QED) is 0.746. The van der Waals surface area contributed by atoms with Crippen molar-refractivity contribution >= 4 is 23.7 Å². The van der Waals surface area contributed by atoms with E-state index in [1.54, 1.807) is 20.9 Å². The summed E-state index contributed by atoms with van der Waals surface area (Å²) >= 11 is 1.61. The van der Waals surface area contributed by atoms with Gasteiger partial charge in [0.15, 0.2) is 0 Å². The van der Waals surface area contributed by atoms with E-state index < -0.39 is 0 Å². The van der Waals surface area contributed by atoms with Crippen molar-refractivity contribution in [2.75, 3.05) is 26.2 Å². The Morgan fingerprint density at radius 2 is 2.04 bits per heavy atom. The first kappa shape index (κ1) is 14.3. The van der Waals surface area contributed by atoms with Crippen molar-refractivity contribution in [2.45, 2.75) is 19.3 Å². The molecule has 1 saturated heterocycles. The number of tetrazole rings is 1. The molecule has 0 bridgehead atoms. The first-order chi connectivity index (χ1) is 11.3. The Morgan fingerprint density at radius 1 is 1.22 bits per heavy atom. The number of aryl methyl sites for hydroxylation is 1. The number of amides is 2. The van der Waals surface area contributed by atoms with Crippen LogP contribution in [-0.2, 0) is 17.6 Å². The van der Waals surface area contributed by atoms with Gasteiger partial charge in [-0.25, -0.2) is 0 Å². The van der Waals surface area contributed by atoms with Gasteiger partial charge < -0.3 is 9.80 Å². The molecule has 3 heterocycles. The number of thiophene rings is 1. The molecule has 2 aromatic rings. The van der Waals surface area contributed by atoms with Crippen LogP contribution in [0, 0.1) is 0 Å². The molecule has 9 heteroatoms. The van der Waals surface area contributed by atoms with E-state index in [0.29, 0.717) is 26.2 Å². The van der Waals surface area contributed by atoms with E-state index in [9.17, 15) is 9.59 Å². The molecule has 2 aliphatic rings. The van der Waals surface area contributed by atoms with Crippen LogP contribution in [0.4, 0.5) is 0 Å². The van der Waals surface area contributed by atoms with Gasteiger partial charge >= 0.3 is 0 Å². The van der Waals surface area contributed by atoms with Gasteiger partial charge in [-0.15, -0.1) is 16.4 Å². The molecular formula is C14H16N6O2S. The van der Waals surface area contributed by atoms with E-state index in [1.807, 2.05) is 4.90 Å². The summed E-state index contributed by atoms with van der Waals surface area (Å²) in [5, 5.41) is 12.1. The number of nitrogens with zero attached hydrogens (tertiary/aromatic N) is 6. The lowest BCUT2D eigenvalue weighted by molar-refractivity contribution is -0.119. The van der Waals surface area contributed by atoms with Crippen LogP contribution in [0.3, 0.4) is 0 Å². The fourth-order valence-corrected chi connectivity index (χ4v) is 4.51. The van der Waals surface area contributed by atoms with Crippen molar-refractivity contribution < 1.29 is 9.59 Å². The summed E-state index contributed by atoms with van der Waals surface area (Å²) < 4.78 is 1.58. The highest BCUT2D eigenvalue weighted by Crippen LogP contribution is 2.38. The van der Waals surface area contributed by atoms with Crippen molar-refractivity contribution in [2.24, 2.45) is 0 Å². The molecule has 0 spiro atoms. The molecule has 8 nitrogen and oxygen atoms in total. The Hall–Kier alpha value is -2.29. The zero-order valence-corrected chi connectivity index (χ0v) is 13.3. The molecule has 1 fully saturated rings. The molecule has 0 atom stereocenters. The van der Waals surface area contributed by atoms with Gasteiger partial charge in [-0.3, -0.25) is 9.59 Å². The van der Waals surface area contributed by atoms with E-state index in [2.05, 4.69) is 15.5 Å². The molecule has 0 N–H and O–H groups in total. The second-order valence-corrected chi connectivity index (χ2v) is 6.81. The molecule has 0 saturated carbocycles. The smallest absolute Gasteiger partial charge is 0.257 e. The number of aromatic nitrogens is 4. The number of hydrogen-bond donors (Lipinski definition) is 0. The molecule has 120 valence electrons. The van der Waals surface area contributed by atoms with E-state index in [4.69, 9.17) is 0 Å². The van der Waals surface area contributed by atoms with Crippen LogP contribution < -0.4 is 0 Å². The number of carbonyl (C=O) groups excluding carboxylic acids is 2. The Balaban J connectivity index is 1.68. The van der Waals surface area contributed by atoms with E-state index in [0.717, 1.165) is 41.8 Å². The van der Waals surface area contributed by atoms with Crippen molar-refractivity contribution in [3.05, 3.63) is 22.3 Å². The number of piperazine rings is 1. The number of hydrogen-bond acceptors (Lipinski definition) is 6. The lowest BCUT2D eigenvalue weighted by atomic mass is 10.1. The summed E-state index contributed by atoms with van der Waals surface area (Å²) in [5.74, 6) is 0.0282. The minimum Gasteiger partial charge on any atom is -0.342 e. The molecule has 1 aliphatic heterocycles. The highest BCUT2D eigenvalue weighted by molar-refractivity contribution is 7.15. The van der Waals surface area contributed by atoms with Crippen LogP contribution in [0.15, 0.2) is 6.33 Å². The van der Waals surface area contributed by atoms with Crippen LogP contribution in [0.1, 0.15) is 27.2 Å². The van der Waals surface area contributed by atoms with Crippen molar-refractivity contribution in [1.29, 1.82) is 0 Å².